The number of carbonyl (C=O) groups excluding carboxylic acids is 1. The summed E-state index contributed by atoms with van der Waals surface area (Å²) in [5, 5.41) is 23.4. The number of nitro groups is 1. The van der Waals surface area contributed by atoms with Crippen LogP contribution in [0.5, 0.6) is 0 Å². The van der Waals surface area contributed by atoms with Crippen LogP contribution in [0.3, 0.4) is 0 Å². The van der Waals surface area contributed by atoms with Gasteiger partial charge in [0, 0.05) is 6.54 Å². The molecule has 0 aliphatic rings. The summed E-state index contributed by atoms with van der Waals surface area (Å²) >= 11 is 5.74. The molecule has 1 atom stereocenters. The third-order valence-corrected chi connectivity index (χ3v) is 3.57. The molecule has 0 fully saturated rings. The van der Waals surface area contributed by atoms with Gasteiger partial charge in [-0.05, 0) is 25.0 Å². The molecule has 0 aromatic heterocycles. The number of nitrogens with zero attached hydrogens (tertiary/aromatic N) is 1. The molecular weight excluding hydrogens is 284 g/mol. The lowest BCUT2D eigenvalue weighted by Gasteiger charge is -2.27. The van der Waals surface area contributed by atoms with Crippen LogP contribution in [-0.2, 0) is 0 Å². The molecule has 2 N–H and O–H groups in total. The lowest BCUT2D eigenvalue weighted by Crippen LogP contribution is -2.44. The van der Waals surface area contributed by atoms with Gasteiger partial charge in [-0.3, -0.25) is 14.9 Å². The van der Waals surface area contributed by atoms with E-state index in [2.05, 4.69) is 5.32 Å². The molecule has 1 amide bonds. The Labute approximate surface area is 121 Å². The maximum Gasteiger partial charge on any atom is 0.300 e. The molecule has 1 aromatic carbocycles. The highest BCUT2D eigenvalue weighted by molar-refractivity contribution is 6.33. The Morgan fingerprint density at radius 2 is 2.15 bits per heavy atom. The molecule has 20 heavy (non-hydrogen) atoms. The van der Waals surface area contributed by atoms with Crippen LogP contribution in [0.15, 0.2) is 18.2 Å². The first-order valence-electron chi connectivity index (χ1n) is 6.10. The van der Waals surface area contributed by atoms with Gasteiger partial charge in [-0.2, -0.15) is 0 Å². The minimum Gasteiger partial charge on any atom is -0.388 e. The van der Waals surface area contributed by atoms with Crippen LogP contribution in [0.1, 0.15) is 31.1 Å². The topological polar surface area (TPSA) is 92.5 Å². The number of hydrogen-bond acceptors (Lipinski definition) is 4. The van der Waals surface area contributed by atoms with E-state index >= 15 is 0 Å². The molecule has 0 spiro atoms. The van der Waals surface area contributed by atoms with E-state index in [9.17, 15) is 20.0 Å². The first-order chi connectivity index (χ1) is 9.16. The van der Waals surface area contributed by atoms with E-state index in [0.29, 0.717) is 0 Å². The SMILES string of the molecule is CC(C)C(C)(O)CNC(=O)c1cccc(Cl)c1[N+](=O)[O-]. The highest BCUT2D eigenvalue weighted by Gasteiger charge is 2.28. The summed E-state index contributed by atoms with van der Waals surface area (Å²) in [6.45, 7) is 5.21. The number of amides is 1. The Morgan fingerprint density at radius 3 is 2.65 bits per heavy atom. The van der Waals surface area contributed by atoms with Gasteiger partial charge in [-0.15, -0.1) is 0 Å². The molecule has 0 bridgehead atoms. The monoisotopic (exact) mass is 300 g/mol. The van der Waals surface area contributed by atoms with Gasteiger partial charge >= 0.3 is 5.69 Å². The lowest BCUT2D eigenvalue weighted by molar-refractivity contribution is -0.385. The zero-order valence-electron chi connectivity index (χ0n) is 11.5. The number of rotatable bonds is 5. The van der Waals surface area contributed by atoms with Crippen molar-refractivity contribution in [3.05, 3.63) is 38.9 Å². The van der Waals surface area contributed by atoms with Crippen LogP contribution in [0.4, 0.5) is 5.69 Å². The van der Waals surface area contributed by atoms with E-state index in [4.69, 9.17) is 11.6 Å². The third kappa shape index (κ3) is 3.68. The molecule has 7 heteroatoms. The maximum atomic E-state index is 12.0. The quantitative estimate of drug-likeness (QED) is 0.645. The van der Waals surface area contributed by atoms with E-state index in [1.54, 1.807) is 6.92 Å². The van der Waals surface area contributed by atoms with Crippen molar-refractivity contribution in [1.82, 2.24) is 5.32 Å². The summed E-state index contributed by atoms with van der Waals surface area (Å²) in [6.07, 6.45) is 0. The van der Waals surface area contributed by atoms with Crippen LogP contribution in [-0.4, -0.2) is 28.1 Å². The second-order valence-electron chi connectivity index (χ2n) is 5.09. The van der Waals surface area contributed by atoms with Gasteiger partial charge in [0.05, 0.1) is 10.5 Å². The van der Waals surface area contributed by atoms with Gasteiger partial charge in [0.15, 0.2) is 0 Å². The largest absolute Gasteiger partial charge is 0.388 e. The highest BCUT2D eigenvalue weighted by atomic mass is 35.5. The van der Waals surface area contributed by atoms with Crippen molar-refractivity contribution >= 4 is 23.2 Å². The Hall–Kier alpha value is -1.66. The van der Waals surface area contributed by atoms with Crippen molar-refractivity contribution < 1.29 is 14.8 Å². The predicted molar refractivity (Wildman–Crippen MR) is 75.9 cm³/mol. The minimum atomic E-state index is -1.09. The smallest absolute Gasteiger partial charge is 0.300 e. The molecule has 0 heterocycles. The van der Waals surface area contributed by atoms with E-state index in [0.717, 1.165) is 0 Å². The van der Waals surface area contributed by atoms with Crippen LogP contribution in [0.25, 0.3) is 0 Å². The molecule has 0 radical (unpaired) electrons. The van der Waals surface area contributed by atoms with Gasteiger partial charge in [0.2, 0.25) is 0 Å². The number of halogens is 1. The van der Waals surface area contributed by atoms with Gasteiger partial charge in [0.25, 0.3) is 5.91 Å². The number of carbonyl (C=O) groups is 1. The minimum absolute atomic E-state index is 0.00678. The van der Waals surface area contributed by atoms with E-state index < -0.39 is 22.1 Å². The van der Waals surface area contributed by atoms with E-state index in [1.165, 1.54) is 18.2 Å². The molecule has 6 nitrogen and oxygen atoms in total. The third-order valence-electron chi connectivity index (χ3n) is 3.26. The Morgan fingerprint density at radius 1 is 1.55 bits per heavy atom. The lowest BCUT2D eigenvalue weighted by atomic mass is 9.92. The van der Waals surface area contributed by atoms with Crippen LogP contribution in [0.2, 0.25) is 5.02 Å². The second kappa shape index (κ2) is 6.19. The number of hydrogen-bond donors (Lipinski definition) is 2. The highest BCUT2D eigenvalue weighted by Crippen LogP contribution is 2.28. The number of nitro benzene ring substituents is 1. The van der Waals surface area contributed by atoms with Crippen molar-refractivity contribution in [2.45, 2.75) is 26.4 Å². The van der Waals surface area contributed by atoms with Gasteiger partial charge < -0.3 is 10.4 Å². The molecule has 0 saturated carbocycles. The second-order valence-corrected chi connectivity index (χ2v) is 5.49. The Balaban J connectivity index is 2.95. The molecule has 1 rings (SSSR count). The number of nitrogens with one attached hydrogen (secondary N) is 1. The zero-order chi connectivity index (χ0) is 15.5. The number of benzene rings is 1. The van der Waals surface area contributed by atoms with Crippen molar-refractivity contribution in [2.75, 3.05) is 6.54 Å². The van der Waals surface area contributed by atoms with Crippen molar-refractivity contribution in [3.8, 4) is 0 Å². The first kappa shape index (κ1) is 16.4. The number of aliphatic hydroxyl groups is 1. The summed E-state index contributed by atoms with van der Waals surface area (Å²) in [7, 11) is 0. The van der Waals surface area contributed by atoms with E-state index in [1.807, 2.05) is 13.8 Å². The summed E-state index contributed by atoms with van der Waals surface area (Å²) < 4.78 is 0. The summed E-state index contributed by atoms with van der Waals surface area (Å²) in [5.74, 6) is -0.711. The fraction of sp³-hybridized carbons (Fsp3) is 0.462. The summed E-state index contributed by atoms with van der Waals surface area (Å²) in [5.41, 5.74) is -1.65. The predicted octanol–water partition coefficient (Wildman–Crippen LogP) is 2.39. The summed E-state index contributed by atoms with van der Waals surface area (Å²) in [4.78, 5) is 22.3. The average molecular weight is 301 g/mol. The fourth-order valence-electron chi connectivity index (χ4n) is 1.44. The number of para-hydroxylation sites is 1. The van der Waals surface area contributed by atoms with E-state index in [-0.39, 0.29) is 23.0 Å². The van der Waals surface area contributed by atoms with Gasteiger partial charge in [0.1, 0.15) is 10.6 Å². The molecule has 0 aliphatic heterocycles. The molecule has 0 aliphatic carbocycles. The van der Waals surface area contributed by atoms with Crippen molar-refractivity contribution in [1.29, 1.82) is 0 Å². The normalized spacial score (nSPS) is 13.9. The fourth-order valence-corrected chi connectivity index (χ4v) is 1.69. The molecule has 110 valence electrons. The average Bonchev–Trinajstić information content (AvgIpc) is 2.35. The van der Waals surface area contributed by atoms with Crippen LogP contribution < -0.4 is 5.32 Å². The Bertz CT molecular complexity index is 529. The van der Waals surface area contributed by atoms with Crippen LogP contribution in [0, 0.1) is 16.0 Å². The van der Waals surface area contributed by atoms with Crippen LogP contribution >= 0.6 is 11.6 Å². The molecule has 1 unspecified atom stereocenters. The molecule has 1 aromatic rings. The zero-order valence-corrected chi connectivity index (χ0v) is 12.3. The summed E-state index contributed by atoms with van der Waals surface area (Å²) in [6, 6.07) is 4.13. The van der Waals surface area contributed by atoms with Gasteiger partial charge in [-0.25, -0.2) is 0 Å². The maximum absolute atomic E-state index is 12.0. The first-order valence-corrected chi connectivity index (χ1v) is 6.48. The van der Waals surface area contributed by atoms with Gasteiger partial charge in [-0.1, -0.05) is 31.5 Å². The Kier molecular flexibility index (Phi) is 5.08. The van der Waals surface area contributed by atoms with Crippen molar-refractivity contribution in [3.63, 3.8) is 0 Å². The molecular formula is C13H17ClN2O4. The molecule has 0 saturated heterocycles. The standard InChI is InChI=1S/C13H17ClN2O4/c1-8(2)13(3,18)7-15-12(17)9-5-4-6-10(14)11(9)16(19)20/h4-6,8,18H,7H2,1-3H3,(H,15,17). The van der Waals surface area contributed by atoms with Crippen molar-refractivity contribution in [2.24, 2.45) is 5.92 Å².